The number of nitrogens with two attached hydrogens (primary N) is 1. The molecule has 7 heteroatoms. The molecule has 0 amide bonds. The molecule has 1 aromatic rings. The summed E-state index contributed by atoms with van der Waals surface area (Å²) in [6.07, 6.45) is 1.41. The van der Waals surface area contributed by atoms with Gasteiger partial charge in [-0.1, -0.05) is 13.3 Å². The van der Waals surface area contributed by atoms with Crippen molar-refractivity contribution in [1.82, 2.24) is 4.72 Å². The van der Waals surface area contributed by atoms with Crippen molar-refractivity contribution >= 4 is 15.7 Å². The Morgan fingerprint density at radius 1 is 1.47 bits per heavy atom. The lowest BCUT2D eigenvalue weighted by Crippen LogP contribution is -2.38. The number of nitrogen functional groups attached to an aromatic ring is 1. The first-order valence-electron chi connectivity index (χ1n) is 5.97. The Bertz CT molecular complexity index is 514. The minimum Gasteiger partial charge on any atom is -0.399 e. The topological polar surface area (TPSA) is 81.4 Å². The van der Waals surface area contributed by atoms with Crippen LogP contribution in [0.4, 0.5) is 10.1 Å². The molecular weight excluding hydrogens is 271 g/mol. The van der Waals surface area contributed by atoms with Crippen LogP contribution >= 0.6 is 0 Å². The fourth-order valence-electron chi connectivity index (χ4n) is 1.74. The molecule has 0 saturated heterocycles. The van der Waals surface area contributed by atoms with E-state index in [1.165, 1.54) is 13.2 Å². The summed E-state index contributed by atoms with van der Waals surface area (Å²) in [6.45, 7) is 2.17. The van der Waals surface area contributed by atoms with Gasteiger partial charge in [-0.15, -0.1) is 0 Å². The summed E-state index contributed by atoms with van der Waals surface area (Å²) in [6, 6.07) is 3.11. The standard InChI is InChI=1S/C12H19FN2O3S/c1-3-4-10(8-18-2)15-19(16,17)12-6-5-9(14)7-11(12)13/h5-7,10,15H,3-4,8,14H2,1-2H3. The molecule has 0 aromatic heterocycles. The molecule has 1 unspecified atom stereocenters. The van der Waals surface area contributed by atoms with E-state index in [0.29, 0.717) is 6.42 Å². The quantitative estimate of drug-likeness (QED) is 0.746. The summed E-state index contributed by atoms with van der Waals surface area (Å²) in [5.74, 6) is -0.861. The zero-order valence-corrected chi connectivity index (χ0v) is 11.8. The van der Waals surface area contributed by atoms with Crippen molar-refractivity contribution in [1.29, 1.82) is 0 Å². The smallest absolute Gasteiger partial charge is 0.243 e. The van der Waals surface area contributed by atoms with E-state index in [0.717, 1.165) is 18.6 Å². The molecule has 0 bridgehead atoms. The second kappa shape index (κ2) is 6.83. The number of hydrogen-bond acceptors (Lipinski definition) is 4. The minimum absolute atomic E-state index is 0.179. The molecule has 0 fully saturated rings. The number of nitrogens with one attached hydrogen (secondary N) is 1. The normalized spacial score (nSPS) is 13.4. The monoisotopic (exact) mass is 290 g/mol. The Morgan fingerprint density at radius 2 is 2.16 bits per heavy atom. The van der Waals surface area contributed by atoms with Crippen LogP contribution in [-0.4, -0.2) is 28.2 Å². The lowest BCUT2D eigenvalue weighted by molar-refractivity contribution is 0.171. The van der Waals surface area contributed by atoms with Crippen LogP contribution in [0.3, 0.4) is 0 Å². The molecule has 19 heavy (non-hydrogen) atoms. The van der Waals surface area contributed by atoms with Crippen molar-refractivity contribution in [3.8, 4) is 0 Å². The van der Waals surface area contributed by atoms with Crippen LogP contribution in [-0.2, 0) is 14.8 Å². The van der Waals surface area contributed by atoms with Crippen molar-refractivity contribution in [2.45, 2.75) is 30.7 Å². The summed E-state index contributed by atoms with van der Waals surface area (Å²) in [5.41, 5.74) is 5.57. The largest absolute Gasteiger partial charge is 0.399 e. The van der Waals surface area contributed by atoms with Gasteiger partial charge in [0.25, 0.3) is 0 Å². The Kier molecular flexibility index (Phi) is 5.71. The molecular formula is C12H19FN2O3S. The van der Waals surface area contributed by atoms with Gasteiger partial charge in [0.1, 0.15) is 10.7 Å². The maximum Gasteiger partial charge on any atom is 0.243 e. The third-order valence-electron chi connectivity index (χ3n) is 2.57. The molecule has 3 N–H and O–H groups in total. The van der Waals surface area contributed by atoms with Gasteiger partial charge in [-0.25, -0.2) is 17.5 Å². The average molecular weight is 290 g/mol. The highest BCUT2D eigenvalue weighted by Gasteiger charge is 2.22. The molecule has 0 aliphatic heterocycles. The first-order chi connectivity index (χ1) is 8.90. The van der Waals surface area contributed by atoms with Gasteiger partial charge in [0.15, 0.2) is 0 Å². The van der Waals surface area contributed by atoms with Crippen molar-refractivity contribution < 1.29 is 17.5 Å². The molecule has 1 atom stereocenters. The second-order valence-electron chi connectivity index (χ2n) is 4.25. The average Bonchev–Trinajstić information content (AvgIpc) is 2.28. The molecule has 0 spiro atoms. The van der Waals surface area contributed by atoms with Crippen LogP contribution in [0.1, 0.15) is 19.8 Å². The van der Waals surface area contributed by atoms with Crippen LogP contribution in [0, 0.1) is 5.82 Å². The maximum absolute atomic E-state index is 13.6. The predicted octanol–water partition coefficient (Wildman–Crippen LogP) is 1.50. The van der Waals surface area contributed by atoms with Crippen LogP contribution in [0.5, 0.6) is 0 Å². The molecule has 1 aromatic carbocycles. The second-order valence-corrected chi connectivity index (χ2v) is 5.93. The number of methoxy groups -OCH3 is 1. The third-order valence-corrected chi connectivity index (χ3v) is 4.13. The van der Waals surface area contributed by atoms with Gasteiger partial charge in [-0.05, 0) is 24.6 Å². The molecule has 1 rings (SSSR count). The van der Waals surface area contributed by atoms with E-state index in [2.05, 4.69) is 4.72 Å². The van der Waals surface area contributed by atoms with Crippen LogP contribution in [0.15, 0.2) is 23.1 Å². The zero-order chi connectivity index (χ0) is 14.5. The van der Waals surface area contributed by atoms with E-state index >= 15 is 0 Å². The molecule has 5 nitrogen and oxygen atoms in total. The van der Waals surface area contributed by atoms with Gasteiger partial charge in [-0.2, -0.15) is 0 Å². The predicted molar refractivity (Wildman–Crippen MR) is 71.7 cm³/mol. The van der Waals surface area contributed by atoms with E-state index < -0.39 is 20.7 Å². The molecule has 0 aliphatic carbocycles. The Labute approximate surface area is 113 Å². The van der Waals surface area contributed by atoms with Crippen molar-refractivity contribution in [3.63, 3.8) is 0 Å². The number of rotatable bonds is 7. The summed E-state index contributed by atoms with van der Waals surface area (Å²) in [7, 11) is -2.43. The van der Waals surface area contributed by atoms with Gasteiger partial charge < -0.3 is 10.5 Å². The SMILES string of the molecule is CCCC(COC)NS(=O)(=O)c1ccc(N)cc1F. The van der Waals surface area contributed by atoms with Crippen molar-refractivity contribution in [2.24, 2.45) is 0 Å². The van der Waals surface area contributed by atoms with E-state index in [4.69, 9.17) is 10.5 Å². The summed E-state index contributed by atoms with van der Waals surface area (Å²) >= 11 is 0. The highest BCUT2D eigenvalue weighted by atomic mass is 32.2. The lowest BCUT2D eigenvalue weighted by Gasteiger charge is -2.17. The highest BCUT2D eigenvalue weighted by Crippen LogP contribution is 2.17. The van der Waals surface area contributed by atoms with E-state index in [9.17, 15) is 12.8 Å². The Hall–Kier alpha value is -1.18. The Morgan fingerprint density at radius 3 is 2.68 bits per heavy atom. The van der Waals surface area contributed by atoms with Crippen molar-refractivity contribution in [3.05, 3.63) is 24.0 Å². The molecule has 0 heterocycles. The van der Waals surface area contributed by atoms with Gasteiger partial charge in [-0.3, -0.25) is 0 Å². The molecule has 0 saturated carbocycles. The lowest BCUT2D eigenvalue weighted by atomic mass is 10.2. The summed E-state index contributed by atoms with van der Waals surface area (Å²) in [4.78, 5) is -0.404. The molecule has 108 valence electrons. The fourth-order valence-corrected chi connectivity index (χ4v) is 3.06. The fraction of sp³-hybridized carbons (Fsp3) is 0.500. The van der Waals surface area contributed by atoms with E-state index in [-0.39, 0.29) is 18.3 Å². The Balaban J connectivity index is 2.96. The number of ether oxygens (including phenoxy) is 1. The zero-order valence-electron chi connectivity index (χ0n) is 11.0. The summed E-state index contributed by atoms with van der Waals surface area (Å²) in [5, 5.41) is 0. The minimum atomic E-state index is -3.91. The number of anilines is 1. The van der Waals surface area contributed by atoms with Crippen LogP contribution < -0.4 is 10.5 Å². The van der Waals surface area contributed by atoms with E-state index in [1.54, 1.807) is 0 Å². The number of halogens is 1. The number of benzene rings is 1. The van der Waals surface area contributed by atoms with Crippen LogP contribution in [0.25, 0.3) is 0 Å². The third kappa shape index (κ3) is 4.45. The van der Waals surface area contributed by atoms with Gasteiger partial charge in [0.2, 0.25) is 10.0 Å². The molecule has 0 radical (unpaired) electrons. The number of sulfonamides is 1. The molecule has 0 aliphatic rings. The maximum atomic E-state index is 13.6. The first kappa shape index (κ1) is 15.9. The van der Waals surface area contributed by atoms with Crippen molar-refractivity contribution in [2.75, 3.05) is 19.5 Å². The van der Waals surface area contributed by atoms with E-state index in [1.807, 2.05) is 6.92 Å². The van der Waals surface area contributed by atoms with Gasteiger partial charge in [0.05, 0.1) is 6.61 Å². The van der Waals surface area contributed by atoms with Gasteiger partial charge >= 0.3 is 0 Å². The number of hydrogen-bond donors (Lipinski definition) is 2. The highest BCUT2D eigenvalue weighted by molar-refractivity contribution is 7.89. The first-order valence-corrected chi connectivity index (χ1v) is 7.45. The van der Waals surface area contributed by atoms with Crippen LogP contribution in [0.2, 0.25) is 0 Å². The summed E-state index contributed by atoms with van der Waals surface area (Å²) < 4.78 is 45.2. The van der Waals surface area contributed by atoms with Gasteiger partial charge in [0, 0.05) is 18.8 Å².